The summed E-state index contributed by atoms with van der Waals surface area (Å²) in [5.74, 6) is -0.764. The highest BCUT2D eigenvalue weighted by Crippen LogP contribution is 2.41. The highest BCUT2D eigenvalue weighted by molar-refractivity contribution is 7.79. The number of unbranched alkanes of at least 4 members (excludes halogenated alkanes) is 2. The van der Waals surface area contributed by atoms with E-state index < -0.39 is 17.0 Å². The number of carboxylic acids is 1. The molecule has 0 aliphatic carbocycles. The number of para-hydroxylation sites is 1. The Bertz CT molecular complexity index is 1030. The van der Waals surface area contributed by atoms with E-state index in [4.69, 9.17) is 5.11 Å². The smallest absolute Gasteiger partial charge is 0.303 e. The molecule has 1 unspecified atom stereocenters. The van der Waals surface area contributed by atoms with E-state index in [2.05, 4.69) is 29.8 Å². The van der Waals surface area contributed by atoms with Crippen LogP contribution in [0.5, 0.6) is 0 Å². The van der Waals surface area contributed by atoms with Crippen LogP contribution in [-0.2, 0) is 21.3 Å². The third kappa shape index (κ3) is 5.48. The fourth-order valence-electron chi connectivity index (χ4n) is 3.98. The number of allylic oxidation sites excluding steroid dienone is 1. The molecule has 2 aromatic carbocycles. The van der Waals surface area contributed by atoms with Crippen molar-refractivity contribution in [2.24, 2.45) is 0 Å². The molecule has 1 aliphatic rings. The molecular weight excluding hydrogens is 412 g/mol. The van der Waals surface area contributed by atoms with Crippen LogP contribution in [0.1, 0.15) is 45.1 Å². The van der Waals surface area contributed by atoms with Gasteiger partial charge in [-0.1, -0.05) is 18.2 Å². The van der Waals surface area contributed by atoms with E-state index >= 15 is 0 Å². The van der Waals surface area contributed by atoms with E-state index in [-0.39, 0.29) is 11.8 Å². The van der Waals surface area contributed by atoms with E-state index in [1.165, 1.54) is 0 Å². The number of aliphatic carboxylic acids is 1. The first-order chi connectivity index (χ1) is 14.8. The Hall–Kier alpha value is -2.77. The van der Waals surface area contributed by atoms with Gasteiger partial charge >= 0.3 is 5.97 Å². The molecule has 164 valence electrons. The lowest BCUT2D eigenvalue weighted by molar-refractivity contribution is -0.438. The largest absolute Gasteiger partial charge is 0.481 e. The summed E-state index contributed by atoms with van der Waals surface area (Å²) in [6.45, 7) is 4.98. The SMILES string of the molecule is CC1(C)C(C=CNc2ccccc2)=[N+](CCCCCC(=O)O)c2ccc(S(=O)O)cc21. The second kappa shape index (κ2) is 10.0. The molecule has 0 aromatic heterocycles. The topological polar surface area (TPSA) is 89.6 Å². The number of hydrogen-bond donors (Lipinski definition) is 3. The summed E-state index contributed by atoms with van der Waals surface area (Å²) < 4.78 is 23.4. The van der Waals surface area contributed by atoms with E-state index in [1.807, 2.05) is 48.7 Å². The van der Waals surface area contributed by atoms with Crippen LogP contribution in [0.25, 0.3) is 0 Å². The monoisotopic (exact) mass is 441 g/mol. The molecule has 2 aromatic rings. The van der Waals surface area contributed by atoms with Crippen LogP contribution in [0.15, 0.2) is 65.7 Å². The number of carbonyl (C=O) groups is 1. The summed E-state index contributed by atoms with van der Waals surface area (Å²) in [6, 6.07) is 15.3. The second-order valence-corrected chi connectivity index (χ2v) is 9.11. The van der Waals surface area contributed by atoms with Gasteiger partial charge in [0.25, 0.3) is 0 Å². The van der Waals surface area contributed by atoms with Crippen molar-refractivity contribution in [3.8, 4) is 0 Å². The van der Waals surface area contributed by atoms with E-state index in [1.54, 1.807) is 6.07 Å². The average molecular weight is 442 g/mol. The maximum Gasteiger partial charge on any atom is 0.303 e. The van der Waals surface area contributed by atoms with Crippen molar-refractivity contribution in [2.45, 2.75) is 49.8 Å². The molecule has 1 atom stereocenters. The highest BCUT2D eigenvalue weighted by atomic mass is 32.2. The number of nitrogens with zero attached hydrogens (tertiary/aromatic N) is 1. The molecule has 31 heavy (non-hydrogen) atoms. The fraction of sp³-hybridized carbons (Fsp3) is 0.333. The fourth-order valence-corrected chi connectivity index (χ4v) is 4.38. The van der Waals surface area contributed by atoms with Crippen LogP contribution >= 0.6 is 0 Å². The Kier molecular flexibility index (Phi) is 7.41. The van der Waals surface area contributed by atoms with Crippen molar-refractivity contribution in [1.29, 1.82) is 0 Å². The van der Waals surface area contributed by atoms with Gasteiger partial charge in [-0.05, 0) is 51.0 Å². The Morgan fingerprint density at radius 1 is 1.13 bits per heavy atom. The van der Waals surface area contributed by atoms with Gasteiger partial charge < -0.3 is 15.0 Å². The molecule has 1 heterocycles. The molecule has 6 nitrogen and oxygen atoms in total. The number of carboxylic acid groups (broad SMARTS) is 1. The molecule has 0 radical (unpaired) electrons. The minimum Gasteiger partial charge on any atom is -0.481 e. The Morgan fingerprint density at radius 3 is 2.55 bits per heavy atom. The second-order valence-electron chi connectivity index (χ2n) is 8.14. The van der Waals surface area contributed by atoms with Crippen LogP contribution in [0, 0.1) is 0 Å². The molecule has 0 spiro atoms. The van der Waals surface area contributed by atoms with Gasteiger partial charge in [0.2, 0.25) is 5.69 Å². The maximum absolute atomic E-state index is 11.6. The predicted molar refractivity (Wildman–Crippen MR) is 124 cm³/mol. The molecule has 0 saturated carbocycles. The molecule has 7 heteroatoms. The summed E-state index contributed by atoms with van der Waals surface area (Å²) in [5, 5.41) is 12.1. The van der Waals surface area contributed by atoms with E-state index in [0.717, 1.165) is 42.0 Å². The number of fused-ring (bicyclic) bond motifs is 1. The van der Waals surface area contributed by atoms with Crippen molar-refractivity contribution in [3.05, 3.63) is 66.4 Å². The lowest BCUT2D eigenvalue weighted by Crippen LogP contribution is -2.28. The van der Waals surface area contributed by atoms with Crippen LogP contribution in [-0.4, -0.2) is 36.7 Å². The third-order valence-electron chi connectivity index (χ3n) is 5.60. The zero-order chi connectivity index (χ0) is 22.4. The quantitative estimate of drug-likeness (QED) is 0.277. The van der Waals surface area contributed by atoms with Gasteiger partial charge in [0.15, 0.2) is 16.8 Å². The maximum atomic E-state index is 11.6. The standard InChI is InChI=1S/C24H28N2O4S/c1-24(2)20-17-19(31(29)30)12-13-21(20)26(16-8-4-7-11-23(27)28)22(24)14-15-25-18-9-5-3-6-10-18/h3,5-6,9-10,12-15,17H,4,7-8,11,16H2,1-2H3,(H2,27,28,29,30)/p+1. The molecule has 3 N–H and O–H groups in total. The molecule has 0 bridgehead atoms. The first-order valence-electron chi connectivity index (χ1n) is 10.4. The normalized spacial score (nSPS) is 15.8. The first kappa shape index (κ1) is 22.9. The van der Waals surface area contributed by atoms with Gasteiger partial charge in [0.05, 0.1) is 10.3 Å². The Labute approximate surface area is 185 Å². The van der Waals surface area contributed by atoms with Crippen molar-refractivity contribution < 1.29 is 23.2 Å². The van der Waals surface area contributed by atoms with Crippen LogP contribution < -0.4 is 5.32 Å². The zero-order valence-electron chi connectivity index (χ0n) is 17.9. The number of rotatable bonds is 10. The van der Waals surface area contributed by atoms with Gasteiger partial charge in [0, 0.05) is 42.4 Å². The number of hydrogen-bond acceptors (Lipinski definition) is 3. The summed E-state index contributed by atoms with van der Waals surface area (Å²) in [7, 11) is 0. The molecule has 3 rings (SSSR count). The lowest BCUT2D eigenvalue weighted by Gasteiger charge is -2.16. The number of anilines is 1. The lowest BCUT2D eigenvalue weighted by atomic mass is 9.81. The minimum absolute atomic E-state index is 0.186. The number of benzene rings is 2. The molecule has 0 saturated heterocycles. The molecule has 0 amide bonds. The van der Waals surface area contributed by atoms with Gasteiger partial charge in [0.1, 0.15) is 6.54 Å². The van der Waals surface area contributed by atoms with E-state index in [0.29, 0.717) is 11.3 Å². The summed E-state index contributed by atoms with van der Waals surface area (Å²) in [4.78, 5) is 11.2. The number of nitrogens with one attached hydrogen (secondary N) is 1. The van der Waals surface area contributed by atoms with Crippen LogP contribution in [0.4, 0.5) is 11.4 Å². The van der Waals surface area contributed by atoms with Gasteiger partial charge in [-0.2, -0.15) is 4.58 Å². The minimum atomic E-state index is -2.03. The first-order valence-corrected chi connectivity index (χ1v) is 11.5. The van der Waals surface area contributed by atoms with Crippen molar-refractivity contribution in [3.63, 3.8) is 0 Å². The van der Waals surface area contributed by atoms with Gasteiger partial charge in [-0.25, -0.2) is 4.21 Å². The zero-order valence-corrected chi connectivity index (χ0v) is 18.7. The van der Waals surface area contributed by atoms with Crippen molar-refractivity contribution in [1.82, 2.24) is 0 Å². The predicted octanol–water partition coefficient (Wildman–Crippen LogP) is 4.91. The van der Waals surface area contributed by atoms with Gasteiger partial charge in [-0.15, -0.1) is 0 Å². The third-order valence-corrected chi connectivity index (χ3v) is 6.26. The molecular formula is C24H29N2O4S+. The summed E-state index contributed by atoms with van der Waals surface area (Å²) in [6.07, 6.45) is 6.50. The van der Waals surface area contributed by atoms with Gasteiger partial charge in [-0.3, -0.25) is 4.79 Å². The van der Waals surface area contributed by atoms with E-state index in [9.17, 15) is 13.6 Å². The van der Waals surface area contributed by atoms with Crippen LogP contribution in [0.2, 0.25) is 0 Å². The van der Waals surface area contributed by atoms with Crippen molar-refractivity contribution in [2.75, 3.05) is 11.9 Å². The molecule has 1 aliphatic heterocycles. The summed E-state index contributed by atoms with van der Waals surface area (Å²) in [5.41, 5.74) is 3.77. The summed E-state index contributed by atoms with van der Waals surface area (Å²) >= 11 is -2.03. The van der Waals surface area contributed by atoms with Crippen molar-refractivity contribution >= 4 is 34.1 Å². The molecule has 0 fully saturated rings. The van der Waals surface area contributed by atoms with Crippen LogP contribution in [0.3, 0.4) is 0 Å². The Morgan fingerprint density at radius 2 is 1.87 bits per heavy atom. The highest BCUT2D eigenvalue weighted by Gasteiger charge is 2.44. The average Bonchev–Trinajstić information content (AvgIpc) is 2.94. The Balaban J connectivity index is 1.88.